The van der Waals surface area contributed by atoms with Crippen molar-refractivity contribution < 1.29 is 9.53 Å². The van der Waals surface area contributed by atoms with E-state index in [2.05, 4.69) is 11.1 Å². The zero-order valence-corrected chi connectivity index (χ0v) is 13.2. The summed E-state index contributed by atoms with van der Waals surface area (Å²) >= 11 is 12.5. The number of carbonyl (C=O) groups excluding carboxylic acids is 1. The van der Waals surface area contributed by atoms with Crippen LogP contribution in [0.1, 0.15) is 48.0 Å². The normalized spacial score (nSPS) is 15.0. The third-order valence-electron chi connectivity index (χ3n) is 3.96. The van der Waals surface area contributed by atoms with E-state index < -0.39 is 5.97 Å². The molecular formula is C16H15Cl2NO2. The molecule has 1 fully saturated rings. The first-order valence-electron chi connectivity index (χ1n) is 7.07. The van der Waals surface area contributed by atoms with Gasteiger partial charge in [0.25, 0.3) is 0 Å². The van der Waals surface area contributed by atoms with Crippen LogP contribution < -0.4 is 0 Å². The lowest BCUT2D eigenvalue weighted by atomic mass is 9.80. The minimum Gasteiger partial charge on any atom is -0.462 e. The van der Waals surface area contributed by atoms with E-state index in [0.29, 0.717) is 10.9 Å². The van der Waals surface area contributed by atoms with Crippen LogP contribution in [0.4, 0.5) is 0 Å². The van der Waals surface area contributed by atoms with Crippen molar-refractivity contribution in [3.63, 3.8) is 0 Å². The molecule has 21 heavy (non-hydrogen) atoms. The first-order chi connectivity index (χ1) is 10.1. The minimum absolute atomic E-state index is 0.0942. The molecule has 1 aliphatic carbocycles. The topological polar surface area (TPSA) is 39.2 Å². The molecule has 1 aromatic carbocycles. The van der Waals surface area contributed by atoms with Crippen molar-refractivity contribution in [3.8, 4) is 0 Å². The van der Waals surface area contributed by atoms with Crippen molar-refractivity contribution in [3.05, 3.63) is 39.5 Å². The molecule has 0 amide bonds. The smallest absolute Gasteiger partial charge is 0.342 e. The lowest BCUT2D eigenvalue weighted by Crippen LogP contribution is -2.09. The van der Waals surface area contributed by atoms with Gasteiger partial charge in [0.05, 0.1) is 17.1 Å². The van der Waals surface area contributed by atoms with Gasteiger partial charge in [-0.1, -0.05) is 41.8 Å². The summed E-state index contributed by atoms with van der Waals surface area (Å²) in [4.78, 5) is 16.3. The van der Waals surface area contributed by atoms with Gasteiger partial charge in [-0.25, -0.2) is 9.78 Å². The number of aromatic nitrogens is 1. The van der Waals surface area contributed by atoms with E-state index in [1.54, 1.807) is 6.92 Å². The number of nitrogens with zero attached hydrogens (tertiary/aromatic N) is 1. The lowest BCUT2D eigenvalue weighted by molar-refractivity contribution is 0.0526. The molecule has 0 spiro atoms. The van der Waals surface area contributed by atoms with E-state index in [0.717, 1.165) is 10.9 Å². The minimum atomic E-state index is -0.537. The second-order valence-corrected chi connectivity index (χ2v) is 5.95. The van der Waals surface area contributed by atoms with Gasteiger partial charge >= 0.3 is 5.97 Å². The van der Waals surface area contributed by atoms with Crippen LogP contribution in [0.2, 0.25) is 10.2 Å². The molecule has 5 heteroatoms. The van der Waals surface area contributed by atoms with Crippen LogP contribution in [-0.2, 0) is 4.74 Å². The predicted molar refractivity (Wildman–Crippen MR) is 84.3 cm³/mol. The number of hydrogen-bond acceptors (Lipinski definition) is 3. The molecular weight excluding hydrogens is 309 g/mol. The van der Waals surface area contributed by atoms with E-state index >= 15 is 0 Å². The number of hydrogen-bond donors (Lipinski definition) is 0. The fraction of sp³-hybridized carbons (Fsp3) is 0.375. The molecule has 0 radical (unpaired) electrons. The molecule has 0 unspecified atom stereocenters. The number of esters is 1. The Morgan fingerprint density at radius 3 is 2.76 bits per heavy atom. The SMILES string of the molecule is CCOC(=O)c1c(Cl)nc2cc(C3CCC3)ccc2c1Cl. The van der Waals surface area contributed by atoms with Crippen LogP contribution in [0.3, 0.4) is 0 Å². The Balaban J connectivity index is 2.10. The monoisotopic (exact) mass is 323 g/mol. The van der Waals surface area contributed by atoms with Gasteiger partial charge in [0.15, 0.2) is 0 Å². The van der Waals surface area contributed by atoms with Gasteiger partial charge in [-0.2, -0.15) is 0 Å². The predicted octanol–water partition coefficient (Wildman–Crippen LogP) is 4.99. The second-order valence-electron chi connectivity index (χ2n) is 5.22. The largest absolute Gasteiger partial charge is 0.462 e. The number of benzene rings is 1. The molecule has 3 nitrogen and oxygen atoms in total. The molecule has 110 valence electrons. The number of fused-ring (bicyclic) bond motifs is 1. The van der Waals surface area contributed by atoms with E-state index in [4.69, 9.17) is 27.9 Å². The second kappa shape index (κ2) is 5.82. The van der Waals surface area contributed by atoms with Crippen LogP contribution in [0.25, 0.3) is 10.9 Å². The van der Waals surface area contributed by atoms with E-state index in [1.807, 2.05) is 12.1 Å². The molecule has 3 rings (SSSR count). The van der Waals surface area contributed by atoms with Crippen LogP contribution in [0, 0.1) is 0 Å². The van der Waals surface area contributed by atoms with Gasteiger partial charge in [0, 0.05) is 5.39 Å². The van der Waals surface area contributed by atoms with Crippen molar-refractivity contribution in [2.75, 3.05) is 6.61 Å². The standard InChI is InChI=1S/C16H15Cl2NO2/c1-2-21-16(20)13-14(17)11-7-6-10(9-4-3-5-9)8-12(11)19-15(13)18/h6-9H,2-5H2,1H3. The van der Waals surface area contributed by atoms with E-state index in [1.165, 1.54) is 24.8 Å². The summed E-state index contributed by atoms with van der Waals surface area (Å²) in [5, 5.41) is 1.13. The average Bonchev–Trinajstić information content (AvgIpc) is 2.36. The highest BCUT2D eigenvalue weighted by Gasteiger charge is 2.23. The third kappa shape index (κ3) is 2.60. The molecule has 0 aliphatic heterocycles. The molecule has 1 aliphatic rings. The van der Waals surface area contributed by atoms with Gasteiger partial charge in [0.1, 0.15) is 10.7 Å². The van der Waals surface area contributed by atoms with Crippen molar-refractivity contribution in [2.45, 2.75) is 32.1 Å². The van der Waals surface area contributed by atoms with Crippen molar-refractivity contribution >= 4 is 40.1 Å². The van der Waals surface area contributed by atoms with Crippen molar-refractivity contribution in [1.82, 2.24) is 4.98 Å². The maximum atomic E-state index is 11.9. The molecule has 0 atom stereocenters. The summed E-state index contributed by atoms with van der Waals surface area (Å²) in [6.07, 6.45) is 3.71. The fourth-order valence-corrected chi connectivity index (χ4v) is 3.22. The van der Waals surface area contributed by atoms with Gasteiger partial charge in [0.2, 0.25) is 0 Å². The quantitative estimate of drug-likeness (QED) is 0.590. The number of halogens is 2. The highest BCUT2D eigenvalue weighted by Crippen LogP contribution is 2.39. The number of rotatable bonds is 3. The lowest BCUT2D eigenvalue weighted by Gasteiger charge is -2.26. The Morgan fingerprint density at radius 2 is 2.14 bits per heavy atom. The Labute approximate surface area is 133 Å². The summed E-state index contributed by atoms with van der Waals surface area (Å²) < 4.78 is 4.98. The maximum Gasteiger partial charge on any atom is 0.342 e. The average molecular weight is 324 g/mol. The Morgan fingerprint density at radius 1 is 1.38 bits per heavy atom. The van der Waals surface area contributed by atoms with Crippen molar-refractivity contribution in [2.24, 2.45) is 0 Å². The van der Waals surface area contributed by atoms with Gasteiger partial charge in [-0.05, 0) is 37.3 Å². The van der Waals surface area contributed by atoms with E-state index in [-0.39, 0.29) is 17.3 Å². The number of ether oxygens (including phenoxy) is 1. The first-order valence-corrected chi connectivity index (χ1v) is 7.83. The summed E-state index contributed by atoms with van der Waals surface area (Å²) in [6.45, 7) is 2.00. The molecule has 0 N–H and O–H groups in total. The Kier molecular flexibility index (Phi) is 4.05. The fourth-order valence-electron chi connectivity index (χ4n) is 2.59. The molecule has 0 saturated heterocycles. The van der Waals surface area contributed by atoms with Gasteiger partial charge < -0.3 is 4.74 Å². The van der Waals surface area contributed by atoms with Crippen LogP contribution in [-0.4, -0.2) is 17.6 Å². The third-order valence-corrected chi connectivity index (χ3v) is 4.62. The maximum absolute atomic E-state index is 11.9. The van der Waals surface area contributed by atoms with Gasteiger partial charge in [-0.3, -0.25) is 0 Å². The highest BCUT2D eigenvalue weighted by molar-refractivity contribution is 6.42. The van der Waals surface area contributed by atoms with E-state index in [9.17, 15) is 4.79 Å². The molecule has 1 heterocycles. The molecule has 1 aromatic heterocycles. The molecule has 2 aromatic rings. The number of pyridine rings is 1. The summed E-state index contributed by atoms with van der Waals surface area (Å²) in [5.74, 6) is 0.0726. The summed E-state index contributed by atoms with van der Waals surface area (Å²) in [5.41, 5.74) is 2.13. The van der Waals surface area contributed by atoms with Crippen molar-refractivity contribution in [1.29, 1.82) is 0 Å². The zero-order valence-electron chi connectivity index (χ0n) is 11.7. The summed E-state index contributed by atoms with van der Waals surface area (Å²) in [7, 11) is 0. The van der Waals surface area contributed by atoms with Crippen LogP contribution >= 0.6 is 23.2 Å². The Hall–Kier alpha value is -1.32. The van der Waals surface area contributed by atoms with Crippen LogP contribution in [0.15, 0.2) is 18.2 Å². The van der Waals surface area contributed by atoms with Gasteiger partial charge in [-0.15, -0.1) is 0 Å². The highest BCUT2D eigenvalue weighted by atomic mass is 35.5. The van der Waals surface area contributed by atoms with Crippen LogP contribution in [0.5, 0.6) is 0 Å². The first kappa shape index (κ1) is 14.6. The molecule has 1 saturated carbocycles. The Bertz CT molecular complexity index is 711. The number of carbonyl (C=O) groups is 1. The molecule has 0 bridgehead atoms. The zero-order chi connectivity index (χ0) is 15.0. The summed E-state index contributed by atoms with van der Waals surface area (Å²) in [6, 6.07) is 5.99.